The zero-order valence-corrected chi connectivity index (χ0v) is 16.4. The fourth-order valence-corrected chi connectivity index (χ4v) is 3.79. The Morgan fingerprint density at radius 2 is 2.03 bits per heavy atom. The third-order valence-electron chi connectivity index (χ3n) is 5.25. The van der Waals surface area contributed by atoms with Gasteiger partial charge in [0.25, 0.3) is 0 Å². The molecule has 0 saturated heterocycles. The van der Waals surface area contributed by atoms with Crippen molar-refractivity contribution in [2.24, 2.45) is 7.05 Å². The van der Waals surface area contributed by atoms with E-state index in [0.717, 1.165) is 23.3 Å². The molecule has 1 N–H and O–H groups in total. The van der Waals surface area contributed by atoms with Gasteiger partial charge in [0.05, 0.1) is 23.7 Å². The van der Waals surface area contributed by atoms with Crippen molar-refractivity contribution >= 4 is 5.91 Å². The van der Waals surface area contributed by atoms with Gasteiger partial charge in [-0.1, -0.05) is 18.2 Å². The van der Waals surface area contributed by atoms with Crippen LogP contribution in [0.1, 0.15) is 29.8 Å². The van der Waals surface area contributed by atoms with Crippen molar-refractivity contribution in [2.45, 2.75) is 44.4 Å². The van der Waals surface area contributed by atoms with E-state index in [1.807, 2.05) is 17.8 Å². The highest BCUT2D eigenvalue weighted by molar-refractivity contribution is 5.79. The van der Waals surface area contributed by atoms with Gasteiger partial charge in [-0.25, -0.2) is 0 Å². The monoisotopic (exact) mass is 418 g/mol. The standard InChI is InChI=1S/C20H21F3N6O/c1-28-12-14(11-24-28)19-27-26-17-7-6-15(8-9-29(17)19)25-18(30)10-13-4-2-3-5-16(13)20(21,22)23/h2-5,11-12,15H,6-10H2,1H3,(H,25,30). The number of carbonyl (C=O) groups excluding carboxylic acids is 1. The van der Waals surface area contributed by atoms with E-state index in [4.69, 9.17) is 0 Å². The number of hydrogen-bond acceptors (Lipinski definition) is 4. The molecule has 30 heavy (non-hydrogen) atoms. The van der Waals surface area contributed by atoms with Gasteiger partial charge < -0.3 is 9.88 Å². The van der Waals surface area contributed by atoms with Crippen LogP contribution in [-0.4, -0.2) is 36.5 Å². The lowest BCUT2D eigenvalue weighted by atomic mass is 10.0. The van der Waals surface area contributed by atoms with E-state index < -0.39 is 17.6 Å². The molecule has 0 aliphatic carbocycles. The van der Waals surface area contributed by atoms with E-state index in [1.165, 1.54) is 18.2 Å². The summed E-state index contributed by atoms with van der Waals surface area (Å²) in [6, 6.07) is 5.04. The van der Waals surface area contributed by atoms with Crippen LogP contribution in [0.2, 0.25) is 0 Å². The maximum absolute atomic E-state index is 13.2. The van der Waals surface area contributed by atoms with Crippen LogP contribution in [0.3, 0.4) is 0 Å². The van der Waals surface area contributed by atoms with E-state index in [-0.39, 0.29) is 18.0 Å². The number of halogens is 3. The molecule has 1 aromatic carbocycles. The summed E-state index contributed by atoms with van der Waals surface area (Å²) in [4.78, 5) is 12.5. The number of aromatic nitrogens is 5. The van der Waals surface area contributed by atoms with E-state index in [1.54, 1.807) is 10.9 Å². The van der Waals surface area contributed by atoms with Crippen LogP contribution in [0.25, 0.3) is 11.4 Å². The molecule has 1 aliphatic heterocycles. The van der Waals surface area contributed by atoms with Crippen LogP contribution in [0.4, 0.5) is 13.2 Å². The number of fused-ring (bicyclic) bond motifs is 1. The average Bonchev–Trinajstić information content (AvgIpc) is 3.24. The van der Waals surface area contributed by atoms with Crippen LogP contribution >= 0.6 is 0 Å². The van der Waals surface area contributed by atoms with E-state index in [9.17, 15) is 18.0 Å². The van der Waals surface area contributed by atoms with Crippen molar-refractivity contribution in [3.8, 4) is 11.4 Å². The maximum atomic E-state index is 13.2. The van der Waals surface area contributed by atoms with Gasteiger partial charge in [-0.2, -0.15) is 18.3 Å². The van der Waals surface area contributed by atoms with Gasteiger partial charge >= 0.3 is 6.18 Å². The van der Waals surface area contributed by atoms with E-state index in [2.05, 4.69) is 20.6 Å². The number of alkyl halides is 3. The third-order valence-corrected chi connectivity index (χ3v) is 5.25. The van der Waals surface area contributed by atoms with Crippen molar-refractivity contribution < 1.29 is 18.0 Å². The lowest BCUT2D eigenvalue weighted by molar-refractivity contribution is -0.138. The minimum absolute atomic E-state index is 0.0212. The van der Waals surface area contributed by atoms with Crippen LogP contribution < -0.4 is 5.32 Å². The zero-order chi connectivity index (χ0) is 21.3. The summed E-state index contributed by atoms with van der Waals surface area (Å²) in [5.41, 5.74) is 0.0722. The van der Waals surface area contributed by atoms with Gasteiger partial charge in [-0.15, -0.1) is 10.2 Å². The molecule has 10 heteroatoms. The first kappa shape index (κ1) is 20.1. The molecule has 3 heterocycles. The molecule has 3 aromatic rings. The molecule has 4 rings (SSSR count). The minimum atomic E-state index is -4.48. The molecular formula is C20H21F3N6O. The minimum Gasteiger partial charge on any atom is -0.353 e. The van der Waals surface area contributed by atoms with Crippen molar-refractivity contribution in [1.82, 2.24) is 29.9 Å². The van der Waals surface area contributed by atoms with Crippen molar-refractivity contribution in [2.75, 3.05) is 0 Å². The van der Waals surface area contributed by atoms with Gasteiger partial charge in [-0.3, -0.25) is 9.48 Å². The summed E-state index contributed by atoms with van der Waals surface area (Å²) < 4.78 is 43.2. The summed E-state index contributed by atoms with van der Waals surface area (Å²) in [6.07, 6.45) is 0.711. The van der Waals surface area contributed by atoms with Crippen molar-refractivity contribution in [1.29, 1.82) is 0 Å². The molecule has 1 aliphatic rings. The quantitative estimate of drug-likeness (QED) is 0.707. The number of nitrogens with zero attached hydrogens (tertiary/aromatic N) is 5. The van der Waals surface area contributed by atoms with Gasteiger partial charge in [0.2, 0.25) is 5.91 Å². The van der Waals surface area contributed by atoms with Crippen molar-refractivity contribution in [3.05, 3.63) is 53.6 Å². The predicted molar refractivity (Wildman–Crippen MR) is 102 cm³/mol. The smallest absolute Gasteiger partial charge is 0.353 e. The van der Waals surface area contributed by atoms with Crippen LogP contribution in [0.5, 0.6) is 0 Å². The molecule has 1 atom stereocenters. The number of carbonyl (C=O) groups is 1. The molecule has 2 aromatic heterocycles. The van der Waals surface area contributed by atoms with E-state index in [0.29, 0.717) is 25.8 Å². The maximum Gasteiger partial charge on any atom is 0.416 e. The summed E-state index contributed by atoms with van der Waals surface area (Å²) >= 11 is 0. The number of hydrogen-bond donors (Lipinski definition) is 1. The molecule has 0 bridgehead atoms. The lowest BCUT2D eigenvalue weighted by Gasteiger charge is -2.17. The molecule has 0 radical (unpaired) electrons. The summed E-state index contributed by atoms with van der Waals surface area (Å²) in [6.45, 7) is 0.608. The largest absolute Gasteiger partial charge is 0.416 e. The fraction of sp³-hybridized carbons (Fsp3) is 0.400. The molecule has 1 unspecified atom stereocenters. The Hall–Kier alpha value is -3.17. The second-order valence-electron chi connectivity index (χ2n) is 7.42. The Balaban J connectivity index is 1.41. The van der Waals surface area contributed by atoms with E-state index >= 15 is 0 Å². The molecule has 0 saturated carbocycles. The predicted octanol–water partition coefficient (Wildman–Crippen LogP) is 2.76. The van der Waals surface area contributed by atoms with Crippen LogP contribution in [0.15, 0.2) is 36.7 Å². The lowest BCUT2D eigenvalue weighted by Crippen LogP contribution is -2.36. The Morgan fingerprint density at radius 3 is 2.77 bits per heavy atom. The summed E-state index contributed by atoms with van der Waals surface area (Å²) in [5.74, 6) is 1.14. The molecule has 1 amide bonds. The number of nitrogens with one attached hydrogen (secondary N) is 1. The number of aryl methyl sites for hydroxylation is 2. The number of benzene rings is 1. The summed E-state index contributed by atoms with van der Waals surface area (Å²) in [5, 5.41) is 15.6. The molecule has 0 spiro atoms. The highest BCUT2D eigenvalue weighted by Crippen LogP contribution is 2.32. The average molecular weight is 418 g/mol. The first-order valence-corrected chi connectivity index (χ1v) is 9.67. The van der Waals surface area contributed by atoms with Crippen LogP contribution in [-0.2, 0) is 37.4 Å². The number of rotatable bonds is 4. The SMILES string of the molecule is Cn1cc(-c2nnc3n2CCC(NC(=O)Cc2ccccc2C(F)(F)F)CC3)cn1. The highest BCUT2D eigenvalue weighted by Gasteiger charge is 2.33. The Labute approximate surface area is 170 Å². The second kappa shape index (κ2) is 7.92. The third kappa shape index (κ3) is 4.22. The zero-order valence-electron chi connectivity index (χ0n) is 16.4. The van der Waals surface area contributed by atoms with Crippen molar-refractivity contribution in [3.63, 3.8) is 0 Å². The fourth-order valence-electron chi connectivity index (χ4n) is 3.79. The molecular weight excluding hydrogens is 397 g/mol. The second-order valence-corrected chi connectivity index (χ2v) is 7.42. The first-order valence-electron chi connectivity index (χ1n) is 9.67. The Bertz CT molecular complexity index is 1050. The topological polar surface area (TPSA) is 77.6 Å². The van der Waals surface area contributed by atoms with Gasteiger partial charge in [0.15, 0.2) is 5.82 Å². The van der Waals surface area contributed by atoms with Gasteiger partial charge in [0.1, 0.15) is 5.82 Å². The Morgan fingerprint density at radius 1 is 1.23 bits per heavy atom. The van der Waals surface area contributed by atoms with Crippen LogP contribution in [0, 0.1) is 0 Å². The summed E-state index contributed by atoms with van der Waals surface area (Å²) in [7, 11) is 1.83. The first-order chi connectivity index (χ1) is 14.3. The molecule has 0 fully saturated rings. The van der Waals surface area contributed by atoms with Gasteiger partial charge in [-0.05, 0) is 24.5 Å². The molecule has 158 valence electrons. The Kier molecular flexibility index (Phi) is 5.31. The van der Waals surface area contributed by atoms with Gasteiger partial charge in [0, 0.05) is 32.3 Å². The molecule has 7 nitrogen and oxygen atoms in total. The highest BCUT2D eigenvalue weighted by atomic mass is 19.4. The normalized spacial score (nSPS) is 16.7. The number of amides is 1.